The van der Waals surface area contributed by atoms with Crippen LogP contribution in [0.25, 0.3) is 0 Å². The summed E-state index contributed by atoms with van der Waals surface area (Å²) in [4.78, 5) is 14.0. The third kappa shape index (κ3) is 3.04. The first kappa shape index (κ1) is 12.5. The molecule has 0 aromatic heterocycles. The van der Waals surface area contributed by atoms with Crippen molar-refractivity contribution < 1.29 is 18.7 Å². The molecule has 2 saturated heterocycles. The molecule has 17 heavy (non-hydrogen) atoms. The second-order valence-electron chi connectivity index (χ2n) is 4.69. The lowest BCUT2D eigenvalue weighted by atomic mass is 10.1. The van der Waals surface area contributed by atoms with Crippen LogP contribution in [-0.2, 0) is 0 Å². The summed E-state index contributed by atoms with van der Waals surface area (Å²) in [6.45, 7) is 1.88. The molecule has 5 nitrogen and oxygen atoms in total. The van der Waals surface area contributed by atoms with Gasteiger partial charge in [0.2, 0.25) is 0 Å². The Morgan fingerprint density at radius 2 is 2.18 bits per heavy atom. The second-order valence-corrected chi connectivity index (χ2v) is 4.69. The quantitative estimate of drug-likeness (QED) is 0.754. The lowest BCUT2D eigenvalue weighted by Gasteiger charge is -2.41. The van der Waals surface area contributed by atoms with Gasteiger partial charge in [0.1, 0.15) is 0 Å². The number of nitrogens with one attached hydrogen (secondary N) is 1. The van der Waals surface area contributed by atoms with E-state index in [1.54, 1.807) is 4.90 Å². The van der Waals surface area contributed by atoms with Crippen molar-refractivity contribution in [3.8, 4) is 0 Å². The van der Waals surface area contributed by atoms with E-state index in [-0.39, 0.29) is 19.1 Å². The van der Waals surface area contributed by atoms with Gasteiger partial charge in [0.25, 0.3) is 5.92 Å². The zero-order chi connectivity index (χ0) is 12.5. The summed E-state index contributed by atoms with van der Waals surface area (Å²) in [6, 6.07) is -0.101. The van der Waals surface area contributed by atoms with Gasteiger partial charge in [-0.3, -0.25) is 4.90 Å². The zero-order valence-corrected chi connectivity index (χ0v) is 9.53. The Kier molecular flexibility index (Phi) is 3.48. The number of hydrogen-bond acceptors (Lipinski definition) is 3. The molecule has 1 unspecified atom stereocenters. The molecular formula is C10H17F2N3O2. The van der Waals surface area contributed by atoms with Crippen LogP contribution in [0, 0.1) is 0 Å². The van der Waals surface area contributed by atoms with Gasteiger partial charge >= 0.3 is 6.09 Å². The lowest BCUT2D eigenvalue weighted by molar-refractivity contribution is -0.131. The van der Waals surface area contributed by atoms with E-state index in [2.05, 4.69) is 5.32 Å². The highest BCUT2D eigenvalue weighted by atomic mass is 19.3. The summed E-state index contributed by atoms with van der Waals surface area (Å²) < 4.78 is 25.2. The molecule has 2 heterocycles. The highest BCUT2D eigenvalue weighted by Crippen LogP contribution is 2.26. The molecule has 2 aliphatic rings. The first-order valence-corrected chi connectivity index (χ1v) is 5.78. The van der Waals surface area contributed by atoms with Crippen molar-refractivity contribution in [1.82, 2.24) is 15.1 Å². The number of carboxylic acid groups (broad SMARTS) is 1. The van der Waals surface area contributed by atoms with Crippen molar-refractivity contribution in [1.29, 1.82) is 0 Å². The van der Waals surface area contributed by atoms with Crippen LogP contribution in [0.15, 0.2) is 0 Å². The van der Waals surface area contributed by atoms with E-state index in [0.29, 0.717) is 32.6 Å². The van der Waals surface area contributed by atoms with Gasteiger partial charge in [-0.15, -0.1) is 0 Å². The normalized spacial score (nSPS) is 28.8. The van der Waals surface area contributed by atoms with E-state index in [0.717, 1.165) is 0 Å². The Balaban J connectivity index is 1.75. The average Bonchev–Trinajstić information content (AvgIpc) is 2.23. The molecule has 2 rings (SSSR count). The van der Waals surface area contributed by atoms with Gasteiger partial charge in [0.15, 0.2) is 0 Å². The highest BCUT2D eigenvalue weighted by molar-refractivity contribution is 5.65. The average molecular weight is 249 g/mol. The predicted molar refractivity (Wildman–Crippen MR) is 57.4 cm³/mol. The topological polar surface area (TPSA) is 55.8 Å². The fourth-order valence-corrected chi connectivity index (χ4v) is 2.37. The number of piperazine rings is 1. The van der Waals surface area contributed by atoms with Crippen LogP contribution in [-0.4, -0.2) is 72.2 Å². The number of amides is 1. The molecule has 2 fully saturated rings. The summed E-state index contributed by atoms with van der Waals surface area (Å²) >= 11 is 0. The maximum absolute atomic E-state index is 12.6. The summed E-state index contributed by atoms with van der Waals surface area (Å²) in [5, 5.41) is 12.1. The number of carbonyl (C=O) groups is 1. The van der Waals surface area contributed by atoms with E-state index in [4.69, 9.17) is 5.11 Å². The molecule has 0 bridgehead atoms. The van der Waals surface area contributed by atoms with Gasteiger partial charge in [-0.2, -0.15) is 0 Å². The van der Waals surface area contributed by atoms with Gasteiger partial charge in [-0.05, 0) is 6.42 Å². The van der Waals surface area contributed by atoms with E-state index in [9.17, 15) is 13.6 Å². The smallest absolute Gasteiger partial charge is 0.407 e. The van der Waals surface area contributed by atoms with Crippen LogP contribution in [0.5, 0.6) is 0 Å². The van der Waals surface area contributed by atoms with E-state index in [1.165, 1.54) is 4.90 Å². The molecule has 2 N–H and O–H groups in total. The molecule has 0 saturated carbocycles. The van der Waals surface area contributed by atoms with Crippen molar-refractivity contribution in [3.63, 3.8) is 0 Å². The standard InChI is InChI=1S/C10H17F2N3O2/c11-10(12)6-14(7-10)3-1-8-5-13-2-4-15(8)9(16)17/h8,13H,1-7H2,(H,16,17). The maximum Gasteiger partial charge on any atom is 0.407 e. The van der Waals surface area contributed by atoms with Gasteiger partial charge < -0.3 is 15.3 Å². The number of nitrogens with zero attached hydrogens (tertiary/aromatic N) is 2. The van der Waals surface area contributed by atoms with Crippen LogP contribution in [0.3, 0.4) is 0 Å². The minimum absolute atomic E-state index is 0.101. The SMILES string of the molecule is O=C(O)N1CCNCC1CCN1CC(F)(F)C1. The Labute approximate surface area is 98.4 Å². The second kappa shape index (κ2) is 4.73. The zero-order valence-electron chi connectivity index (χ0n) is 9.53. The number of likely N-dealkylation sites (tertiary alicyclic amines) is 1. The molecule has 0 aromatic rings. The van der Waals surface area contributed by atoms with Gasteiger partial charge in [0.05, 0.1) is 13.1 Å². The Morgan fingerprint density at radius 3 is 2.76 bits per heavy atom. The maximum atomic E-state index is 12.6. The molecule has 98 valence electrons. The summed E-state index contributed by atoms with van der Waals surface area (Å²) in [5.74, 6) is -2.54. The van der Waals surface area contributed by atoms with Crippen LogP contribution in [0.4, 0.5) is 13.6 Å². The molecule has 2 aliphatic heterocycles. The molecule has 7 heteroatoms. The van der Waals surface area contributed by atoms with Crippen LogP contribution in [0.1, 0.15) is 6.42 Å². The minimum Gasteiger partial charge on any atom is -0.465 e. The third-order valence-corrected chi connectivity index (χ3v) is 3.28. The van der Waals surface area contributed by atoms with Crippen molar-refractivity contribution >= 4 is 6.09 Å². The lowest BCUT2D eigenvalue weighted by Crippen LogP contribution is -2.58. The number of hydrogen-bond donors (Lipinski definition) is 2. The number of halogens is 2. The Bertz CT molecular complexity index is 293. The minimum atomic E-state index is -2.54. The van der Waals surface area contributed by atoms with E-state index < -0.39 is 12.0 Å². The van der Waals surface area contributed by atoms with Crippen molar-refractivity contribution in [2.24, 2.45) is 0 Å². The fraction of sp³-hybridized carbons (Fsp3) is 0.900. The fourth-order valence-electron chi connectivity index (χ4n) is 2.37. The first-order valence-electron chi connectivity index (χ1n) is 5.78. The molecule has 0 aliphatic carbocycles. The Morgan fingerprint density at radius 1 is 1.47 bits per heavy atom. The van der Waals surface area contributed by atoms with E-state index >= 15 is 0 Å². The molecule has 0 spiro atoms. The van der Waals surface area contributed by atoms with Gasteiger partial charge in [-0.25, -0.2) is 13.6 Å². The van der Waals surface area contributed by atoms with Crippen LogP contribution >= 0.6 is 0 Å². The first-order chi connectivity index (χ1) is 7.98. The Hall–Kier alpha value is -0.950. The van der Waals surface area contributed by atoms with E-state index in [1.807, 2.05) is 0 Å². The predicted octanol–water partition coefficient (Wildman–Crippen LogP) is 0.279. The molecule has 0 radical (unpaired) electrons. The summed E-state index contributed by atoms with van der Waals surface area (Å²) in [6.07, 6.45) is -0.319. The van der Waals surface area contributed by atoms with Gasteiger partial charge in [0, 0.05) is 32.2 Å². The van der Waals surface area contributed by atoms with Crippen molar-refractivity contribution in [2.45, 2.75) is 18.4 Å². The van der Waals surface area contributed by atoms with Crippen LogP contribution in [0.2, 0.25) is 0 Å². The molecule has 0 aromatic carbocycles. The molecule has 1 amide bonds. The third-order valence-electron chi connectivity index (χ3n) is 3.28. The number of rotatable bonds is 3. The summed E-state index contributed by atoms with van der Waals surface area (Å²) in [5.41, 5.74) is 0. The van der Waals surface area contributed by atoms with Crippen molar-refractivity contribution in [3.05, 3.63) is 0 Å². The van der Waals surface area contributed by atoms with Crippen molar-refractivity contribution in [2.75, 3.05) is 39.3 Å². The van der Waals surface area contributed by atoms with Gasteiger partial charge in [-0.1, -0.05) is 0 Å². The molecule has 1 atom stereocenters. The monoisotopic (exact) mass is 249 g/mol. The largest absolute Gasteiger partial charge is 0.465 e. The number of alkyl halides is 2. The van der Waals surface area contributed by atoms with Crippen LogP contribution < -0.4 is 5.32 Å². The molecular weight excluding hydrogens is 232 g/mol. The highest BCUT2D eigenvalue weighted by Gasteiger charge is 2.43. The summed E-state index contributed by atoms with van der Waals surface area (Å²) in [7, 11) is 0.